The van der Waals surface area contributed by atoms with Crippen LogP contribution in [0.5, 0.6) is 0 Å². The predicted octanol–water partition coefficient (Wildman–Crippen LogP) is 8.75. The van der Waals surface area contributed by atoms with Crippen molar-refractivity contribution >= 4 is 69.1 Å². The average molecular weight is 673 g/mol. The van der Waals surface area contributed by atoms with Crippen molar-refractivity contribution in [3.63, 3.8) is 0 Å². The summed E-state index contributed by atoms with van der Waals surface area (Å²) in [7, 11) is 0. The van der Waals surface area contributed by atoms with Crippen LogP contribution in [-0.2, 0) is 9.59 Å². The summed E-state index contributed by atoms with van der Waals surface area (Å²) in [5, 5.41) is 14.3. The summed E-state index contributed by atoms with van der Waals surface area (Å²) >= 11 is 4.28. The van der Waals surface area contributed by atoms with Gasteiger partial charge in [-0.2, -0.15) is 11.3 Å². The van der Waals surface area contributed by atoms with Crippen molar-refractivity contribution in [2.75, 3.05) is 10.6 Å². The molecule has 3 amide bonds. The van der Waals surface area contributed by atoms with Crippen LogP contribution >= 0.6 is 34.4 Å². The Balaban J connectivity index is 1.15. The van der Waals surface area contributed by atoms with E-state index < -0.39 is 11.2 Å². The quantitative estimate of drug-likeness (QED) is 0.0944. The lowest BCUT2D eigenvalue weighted by atomic mass is 10.1. The van der Waals surface area contributed by atoms with Gasteiger partial charge in [0.25, 0.3) is 11.8 Å². The smallest absolute Gasteiger partial charge is 0.272 e. The molecular formula is C37H28N4O3S3. The number of benzene rings is 4. The molecule has 47 heavy (non-hydrogen) atoms. The highest BCUT2D eigenvalue weighted by molar-refractivity contribution is 8.00. The summed E-state index contributed by atoms with van der Waals surface area (Å²) in [5.74, 6) is -1.03. The number of anilines is 2. The standard InChI is InChI=1S/C37H28N4O3S3/c42-34(28-14-8-3-9-15-28)39-31(22-25-20-21-45-23-25)35(43)38-29-16-18-30(19-17-29)47-33(27-12-6-2-7-13-27)36(44)41-37-40-32(24-46-37)26-10-4-1-5-11-26/h1-24,33H,(H,38,43)(H,39,42)(H,40,41,44)/b31-22-. The van der Waals surface area contributed by atoms with E-state index in [0.717, 1.165) is 27.3 Å². The molecule has 0 bridgehead atoms. The van der Waals surface area contributed by atoms with Gasteiger partial charge in [-0.1, -0.05) is 78.9 Å². The first-order valence-corrected chi connectivity index (χ1v) is 17.3. The first-order chi connectivity index (χ1) is 23.0. The molecule has 2 aromatic heterocycles. The molecule has 232 valence electrons. The fraction of sp³-hybridized carbons (Fsp3) is 0.0270. The van der Waals surface area contributed by atoms with Crippen LogP contribution in [0, 0.1) is 0 Å². The van der Waals surface area contributed by atoms with E-state index in [-0.39, 0.29) is 17.5 Å². The number of rotatable bonds is 11. The molecule has 0 radical (unpaired) electrons. The molecule has 3 N–H and O–H groups in total. The van der Waals surface area contributed by atoms with E-state index >= 15 is 0 Å². The third-order valence-electron chi connectivity index (χ3n) is 6.89. The van der Waals surface area contributed by atoms with Gasteiger partial charge in [0.15, 0.2) is 5.13 Å². The van der Waals surface area contributed by atoms with E-state index in [1.807, 2.05) is 101 Å². The fourth-order valence-corrected chi connectivity index (χ4v) is 6.93. The number of hydrogen-bond donors (Lipinski definition) is 3. The van der Waals surface area contributed by atoms with E-state index in [4.69, 9.17) is 0 Å². The van der Waals surface area contributed by atoms with Gasteiger partial charge in [-0.15, -0.1) is 23.1 Å². The second-order valence-corrected chi connectivity index (χ2v) is 13.0. The van der Waals surface area contributed by atoms with Crippen LogP contribution in [0.1, 0.15) is 26.7 Å². The van der Waals surface area contributed by atoms with Crippen molar-refractivity contribution in [1.29, 1.82) is 0 Å². The monoisotopic (exact) mass is 672 g/mol. The number of hydrogen-bond acceptors (Lipinski definition) is 7. The molecule has 7 nitrogen and oxygen atoms in total. The van der Waals surface area contributed by atoms with Gasteiger partial charge in [0.2, 0.25) is 5.91 Å². The molecule has 0 saturated heterocycles. The molecule has 6 rings (SSSR count). The molecule has 0 aliphatic heterocycles. The number of aromatic nitrogens is 1. The molecule has 1 atom stereocenters. The number of nitrogens with one attached hydrogen (secondary N) is 3. The van der Waals surface area contributed by atoms with Crippen LogP contribution in [0.25, 0.3) is 17.3 Å². The number of carbonyl (C=O) groups excluding carboxylic acids is 3. The van der Waals surface area contributed by atoms with Crippen molar-refractivity contribution in [2.24, 2.45) is 0 Å². The van der Waals surface area contributed by atoms with Gasteiger partial charge in [-0.05, 0) is 70.4 Å². The summed E-state index contributed by atoms with van der Waals surface area (Å²) < 4.78 is 0. The SMILES string of the molecule is O=C(Nc1ccc(SC(C(=O)Nc2nc(-c3ccccc3)cs2)c2ccccc2)cc1)/C(=C/c1ccsc1)NC(=O)c1ccccc1. The maximum atomic E-state index is 13.6. The third-order valence-corrected chi connectivity index (χ3v) is 9.62. The molecule has 4 aromatic carbocycles. The van der Waals surface area contributed by atoms with Crippen LogP contribution in [0.15, 0.2) is 148 Å². The highest BCUT2D eigenvalue weighted by Crippen LogP contribution is 2.37. The van der Waals surface area contributed by atoms with Gasteiger partial charge in [0.05, 0.1) is 5.69 Å². The largest absolute Gasteiger partial charge is 0.321 e. The van der Waals surface area contributed by atoms with Crippen LogP contribution < -0.4 is 16.0 Å². The Morgan fingerprint density at radius 3 is 2.11 bits per heavy atom. The summed E-state index contributed by atoms with van der Waals surface area (Å²) in [6.07, 6.45) is 1.64. The summed E-state index contributed by atoms with van der Waals surface area (Å²) in [6.45, 7) is 0. The lowest BCUT2D eigenvalue weighted by Crippen LogP contribution is -2.30. The van der Waals surface area contributed by atoms with E-state index in [1.165, 1.54) is 34.4 Å². The zero-order chi connectivity index (χ0) is 32.4. The van der Waals surface area contributed by atoms with Gasteiger partial charge in [0.1, 0.15) is 10.9 Å². The lowest BCUT2D eigenvalue weighted by molar-refractivity contribution is -0.116. The van der Waals surface area contributed by atoms with Gasteiger partial charge in [-0.25, -0.2) is 4.98 Å². The number of thiazole rings is 1. The Morgan fingerprint density at radius 2 is 1.43 bits per heavy atom. The molecule has 0 fully saturated rings. The van der Waals surface area contributed by atoms with Crippen molar-refractivity contribution in [2.45, 2.75) is 10.1 Å². The van der Waals surface area contributed by atoms with Crippen molar-refractivity contribution in [3.05, 3.63) is 160 Å². The Bertz CT molecular complexity index is 1980. The lowest BCUT2D eigenvalue weighted by Gasteiger charge is -2.17. The van der Waals surface area contributed by atoms with Gasteiger partial charge in [-0.3, -0.25) is 14.4 Å². The van der Waals surface area contributed by atoms with E-state index in [2.05, 4.69) is 20.9 Å². The number of nitrogens with zero attached hydrogens (tertiary/aromatic N) is 1. The van der Waals surface area contributed by atoms with Crippen molar-refractivity contribution in [3.8, 4) is 11.3 Å². The summed E-state index contributed by atoms with van der Waals surface area (Å²) in [6, 6.07) is 37.3. The molecular weight excluding hydrogens is 645 g/mol. The molecule has 2 heterocycles. The molecule has 6 aromatic rings. The Labute approximate surface area is 284 Å². The molecule has 1 unspecified atom stereocenters. The second kappa shape index (κ2) is 15.3. The average Bonchev–Trinajstić information content (AvgIpc) is 3.81. The normalized spacial score (nSPS) is 11.8. The van der Waals surface area contributed by atoms with Crippen LogP contribution in [0.4, 0.5) is 10.8 Å². The third kappa shape index (κ3) is 8.50. The Morgan fingerprint density at radius 1 is 0.745 bits per heavy atom. The highest BCUT2D eigenvalue weighted by Gasteiger charge is 2.23. The summed E-state index contributed by atoms with van der Waals surface area (Å²) in [5.41, 5.74) is 4.56. The predicted molar refractivity (Wildman–Crippen MR) is 192 cm³/mol. The minimum absolute atomic E-state index is 0.120. The van der Waals surface area contributed by atoms with E-state index in [9.17, 15) is 14.4 Å². The number of amides is 3. The fourth-order valence-electron chi connectivity index (χ4n) is 4.56. The highest BCUT2D eigenvalue weighted by atomic mass is 32.2. The van der Waals surface area contributed by atoms with Gasteiger partial charge >= 0.3 is 0 Å². The molecule has 0 aliphatic carbocycles. The second-order valence-electron chi connectivity index (χ2n) is 10.2. The van der Waals surface area contributed by atoms with E-state index in [1.54, 1.807) is 42.5 Å². The Hall–Kier alpha value is -5.29. The molecule has 0 spiro atoms. The van der Waals surface area contributed by atoms with Crippen LogP contribution in [0.2, 0.25) is 0 Å². The topological polar surface area (TPSA) is 100 Å². The maximum Gasteiger partial charge on any atom is 0.272 e. The Kier molecular flexibility index (Phi) is 10.3. The minimum atomic E-state index is -0.547. The minimum Gasteiger partial charge on any atom is -0.321 e. The van der Waals surface area contributed by atoms with Crippen molar-refractivity contribution in [1.82, 2.24) is 10.3 Å². The van der Waals surface area contributed by atoms with Crippen LogP contribution in [-0.4, -0.2) is 22.7 Å². The van der Waals surface area contributed by atoms with Gasteiger partial charge in [0, 0.05) is 27.1 Å². The first kappa shape index (κ1) is 31.7. The van der Waals surface area contributed by atoms with Gasteiger partial charge < -0.3 is 16.0 Å². The summed E-state index contributed by atoms with van der Waals surface area (Å²) in [4.78, 5) is 45.3. The molecule has 0 aliphatic rings. The number of carbonyl (C=O) groups is 3. The van der Waals surface area contributed by atoms with Crippen LogP contribution in [0.3, 0.4) is 0 Å². The number of thiophene rings is 1. The zero-order valence-electron chi connectivity index (χ0n) is 24.8. The molecule has 10 heteroatoms. The zero-order valence-corrected chi connectivity index (χ0v) is 27.3. The van der Waals surface area contributed by atoms with Crippen molar-refractivity contribution < 1.29 is 14.4 Å². The number of thioether (sulfide) groups is 1. The van der Waals surface area contributed by atoms with E-state index in [0.29, 0.717) is 16.4 Å². The first-order valence-electron chi connectivity index (χ1n) is 14.6. The molecule has 0 saturated carbocycles. The maximum absolute atomic E-state index is 13.6.